The van der Waals surface area contributed by atoms with E-state index in [0.717, 1.165) is 24.0 Å². The number of piperazine rings is 1. The van der Waals surface area contributed by atoms with E-state index in [4.69, 9.17) is 23.2 Å². The van der Waals surface area contributed by atoms with E-state index in [1.54, 1.807) is 24.1 Å². The smallest absolute Gasteiger partial charge is 0.339 e. The number of amides is 1. The number of sulfonamides is 1. The number of carbonyl (C=O) groups is 1. The number of likely N-dealkylation sites (tertiary alicyclic amines) is 1. The van der Waals surface area contributed by atoms with Crippen LogP contribution in [0, 0.1) is 5.82 Å². The van der Waals surface area contributed by atoms with Crippen molar-refractivity contribution >= 4 is 39.1 Å². The van der Waals surface area contributed by atoms with E-state index in [2.05, 4.69) is 0 Å². The van der Waals surface area contributed by atoms with Gasteiger partial charge < -0.3 is 4.90 Å². The highest BCUT2D eigenvalue weighted by molar-refractivity contribution is 7.88. The summed E-state index contributed by atoms with van der Waals surface area (Å²) < 4.78 is 78.2. The first-order valence-corrected chi connectivity index (χ1v) is 15.2. The van der Waals surface area contributed by atoms with Crippen molar-refractivity contribution in [2.45, 2.75) is 24.7 Å². The first-order chi connectivity index (χ1) is 18.6. The summed E-state index contributed by atoms with van der Waals surface area (Å²) >= 11 is 12.4. The summed E-state index contributed by atoms with van der Waals surface area (Å²) in [5.41, 5.74) is -0.0982. The van der Waals surface area contributed by atoms with Gasteiger partial charge in [0.25, 0.3) is 0 Å². The molecule has 2 saturated heterocycles. The number of rotatable bonds is 7. The minimum atomic E-state index is -4.78. The van der Waals surface area contributed by atoms with Crippen molar-refractivity contribution < 1.29 is 30.8 Å². The highest BCUT2D eigenvalue weighted by Gasteiger charge is 2.39. The molecule has 0 saturated carbocycles. The highest BCUT2D eigenvalue weighted by Crippen LogP contribution is 2.36. The van der Waals surface area contributed by atoms with E-state index in [0.29, 0.717) is 54.9 Å². The largest absolute Gasteiger partial charge is 0.419 e. The molecular formula is C26H30Cl2F4N4O3S. The van der Waals surface area contributed by atoms with Crippen molar-refractivity contribution in [3.05, 3.63) is 69.0 Å². The van der Waals surface area contributed by atoms with Gasteiger partial charge in [0.05, 0.1) is 28.4 Å². The normalized spacial score (nSPS) is 21.4. The Morgan fingerprint density at radius 3 is 2.27 bits per heavy atom. The van der Waals surface area contributed by atoms with Crippen molar-refractivity contribution in [3.8, 4) is 0 Å². The molecule has 0 radical (unpaired) electrons. The molecule has 2 fully saturated rings. The summed E-state index contributed by atoms with van der Waals surface area (Å²) in [7, 11) is -1.51. The van der Waals surface area contributed by atoms with Gasteiger partial charge in [0.15, 0.2) is 0 Å². The lowest BCUT2D eigenvalue weighted by Crippen LogP contribution is -2.51. The average molecular weight is 626 g/mol. The Kier molecular flexibility index (Phi) is 9.38. The van der Waals surface area contributed by atoms with Crippen molar-refractivity contribution in [2.24, 2.45) is 0 Å². The number of likely N-dealkylation sites (N-methyl/N-ethyl adjacent to an activating group) is 1. The SMILES string of the molecule is CN(Cc1ccc(C(F)(F)F)c(F)c1)[C@@H]1CN(C(=O)CN2CCN(S(C)(=O)=O)CC2)C[C@@H]1c1ccc(Cl)c(Cl)c1. The van der Waals surface area contributed by atoms with Crippen molar-refractivity contribution in [1.82, 2.24) is 19.0 Å². The molecule has 220 valence electrons. The van der Waals surface area contributed by atoms with Crippen LogP contribution in [-0.4, -0.2) is 98.5 Å². The lowest BCUT2D eigenvalue weighted by atomic mass is 9.93. The predicted octanol–water partition coefficient (Wildman–Crippen LogP) is 4.15. The summed E-state index contributed by atoms with van der Waals surface area (Å²) in [6, 6.07) is 7.89. The molecule has 7 nitrogen and oxygen atoms in total. The molecule has 0 aromatic heterocycles. The van der Waals surface area contributed by atoms with Gasteiger partial charge in [0.1, 0.15) is 5.82 Å². The lowest BCUT2D eigenvalue weighted by molar-refractivity contribution is -0.140. The summed E-state index contributed by atoms with van der Waals surface area (Å²) in [5, 5.41) is 0.744. The summed E-state index contributed by atoms with van der Waals surface area (Å²) in [4.78, 5) is 18.9. The molecule has 0 N–H and O–H groups in total. The number of hydrogen-bond donors (Lipinski definition) is 0. The maximum Gasteiger partial charge on any atom is 0.419 e. The number of halogens is 6. The molecule has 2 aromatic carbocycles. The summed E-state index contributed by atoms with van der Waals surface area (Å²) in [6.07, 6.45) is -3.62. The Morgan fingerprint density at radius 1 is 1.02 bits per heavy atom. The third-order valence-electron chi connectivity index (χ3n) is 7.51. The Morgan fingerprint density at radius 2 is 1.70 bits per heavy atom. The van der Waals surface area contributed by atoms with E-state index in [1.807, 2.05) is 15.9 Å². The molecule has 1 amide bonds. The lowest BCUT2D eigenvalue weighted by Gasteiger charge is -2.33. The van der Waals surface area contributed by atoms with Crippen LogP contribution in [0.1, 0.15) is 22.6 Å². The standard InChI is InChI=1S/C26H30Cl2F4N4O3S/c1-33(13-17-3-5-20(23(29)11-17)26(30,31)32)24-15-35(14-19(24)18-4-6-21(27)22(28)12-18)25(37)16-34-7-9-36(10-8-34)40(2,38)39/h3-6,11-12,19,24H,7-10,13-16H2,1-2H3/t19-,24-/m1/s1. The zero-order chi connectivity index (χ0) is 29.4. The summed E-state index contributed by atoms with van der Waals surface area (Å²) in [5.74, 6) is -1.64. The molecule has 0 unspecified atom stereocenters. The first-order valence-electron chi connectivity index (χ1n) is 12.6. The molecule has 2 heterocycles. The van der Waals surface area contributed by atoms with Crippen molar-refractivity contribution in [3.63, 3.8) is 0 Å². The van der Waals surface area contributed by atoms with Gasteiger partial charge in [0, 0.05) is 57.8 Å². The molecule has 0 aliphatic carbocycles. The molecule has 4 rings (SSSR count). The number of carbonyl (C=O) groups excluding carboxylic acids is 1. The van der Waals surface area contributed by atoms with Crippen molar-refractivity contribution in [1.29, 1.82) is 0 Å². The van der Waals surface area contributed by atoms with E-state index in [-0.39, 0.29) is 31.0 Å². The first kappa shape index (κ1) is 31.0. The van der Waals surface area contributed by atoms with E-state index in [1.165, 1.54) is 10.4 Å². The minimum Gasteiger partial charge on any atom is -0.339 e. The second-order valence-electron chi connectivity index (χ2n) is 10.3. The van der Waals surface area contributed by atoms with Crippen LogP contribution in [0.2, 0.25) is 10.0 Å². The van der Waals surface area contributed by atoms with Crippen molar-refractivity contribution in [2.75, 3.05) is 59.1 Å². The molecule has 40 heavy (non-hydrogen) atoms. The molecule has 2 atom stereocenters. The zero-order valence-corrected chi connectivity index (χ0v) is 24.3. The Bertz CT molecular complexity index is 1350. The Hall–Kier alpha value is -1.96. The van der Waals surface area contributed by atoms with E-state index >= 15 is 0 Å². The Labute approximate surface area is 241 Å². The highest BCUT2D eigenvalue weighted by atomic mass is 35.5. The predicted molar refractivity (Wildman–Crippen MR) is 145 cm³/mol. The van der Waals surface area contributed by atoms with Gasteiger partial charge in [-0.2, -0.15) is 17.5 Å². The molecule has 2 aliphatic heterocycles. The second-order valence-corrected chi connectivity index (χ2v) is 13.1. The van der Waals surface area contributed by atoms with Gasteiger partial charge >= 0.3 is 6.18 Å². The van der Waals surface area contributed by atoms with Gasteiger partial charge in [0.2, 0.25) is 15.9 Å². The van der Waals surface area contributed by atoms with E-state index in [9.17, 15) is 30.8 Å². The van der Waals surface area contributed by atoms with Gasteiger partial charge in [-0.3, -0.25) is 14.6 Å². The minimum absolute atomic E-state index is 0.116. The quantitative estimate of drug-likeness (QED) is 0.433. The van der Waals surface area contributed by atoms with Gasteiger partial charge in [-0.05, 0) is 42.4 Å². The van der Waals surface area contributed by atoms with Crippen LogP contribution in [0.5, 0.6) is 0 Å². The fourth-order valence-corrected chi connectivity index (χ4v) is 6.44. The van der Waals surface area contributed by atoms with Crippen LogP contribution in [0.15, 0.2) is 36.4 Å². The molecule has 2 aliphatic rings. The maximum absolute atomic E-state index is 14.2. The van der Waals surface area contributed by atoms with Crippen LogP contribution in [0.25, 0.3) is 0 Å². The number of benzene rings is 2. The van der Waals surface area contributed by atoms with E-state index < -0.39 is 27.6 Å². The number of nitrogens with zero attached hydrogens (tertiary/aromatic N) is 4. The van der Waals surface area contributed by atoms with Crippen LogP contribution < -0.4 is 0 Å². The summed E-state index contributed by atoms with van der Waals surface area (Å²) in [6.45, 7) is 2.50. The van der Waals surface area contributed by atoms with Crippen LogP contribution in [0.4, 0.5) is 17.6 Å². The van der Waals surface area contributed by atoms with Gasteiger partial charge in [-0.15, -0.1) is 0 Å². The van der Waals surface area contributed by atoms with Gasteiger partial charge in [-0.25, -0.2) is 12.8 Å². The maximum atomic E-state index is 14.2. The van der Waals surface area contributed by atoms with Gasteiger partial charge in [-0.1, -0.05) is 35.3 Å². The number of hydrogen-bond acceptors (Lipinski definition) is 5. The zero-order valence-electron chi connectivity index (χ0n) is 22.0. The molecule has 0 bridgehead atoms. The molecule has 0 spiro atoms. The van der Waals surface area contributed by atoms with Crippen LogP contribution in [-0.2, 0) is 27.5 Å². The third-order valence-corrected chi connectivity index (χ3v) is 9.55. The topological polar surface area (TPSA) is 64.2 Å². The third kappa shape index (κ3) is 7.27. The molecule has 2 aromatic rings. The number of alkyl halides is 3. The monoisotopic (exact) mass is 624 g/mol. The second kappa shape index (κ2) is 12.1. The fourth-order valence-electron chi connectivity index (χ4n) is 5.31. The molecule has 14 heteroatoms. The Balaban J connectivity index is 1.50. The van der Waals surface area contributed by atoms with Crippen LogP contribution in [0.3, 0.4) is 0 Å². The van der Waals surface area contributed by atoms with Crippen LogP contribution >= 0.6 is 23.2 Å². The average Bonchev–Trinajstić information content (AvgIpc) is 3.31. The fraction of sp³-hybridized carbons (Fsp3) is 0.500. The molecular weight excluding hydrogens is 595 g/mol.